The molecule has 134 valence electrons. The van der Waals surface area contributed by atoms with Gasteiger partial charge in [-0.15, -0.1) is 0 Å². The summed E-state index contributed by atoms with van der Waals surface area (Å²) in [5.41, 5.74) is 0.829. The monoisotopic (exact) mass is 353 g/mol. The minimum absolute atomic E-state index is 0.0923. The lowest BCUT2D eigenvalue weighted by molar-refractivity contribution is 0.0687. The van der Waals surface area contributed by atoms with E-state index >= 15 is 0 Å². The summed E-state index contributed by atoms with van der Waals surface area (Å²) in [7, 11) is 0. The molecule has 1 fully saturated rings. The number of ether oxygens (including phenoxy) is 1. The van der Waals surface area contributed by atoms with Gasteiger partial charge in [-0.3, -0.25) is 14.4 Å². The highest BCUT2D eigenvalue weighted by molar-refractivity contribution is 6.01. The number of benzene rings is 2. The summed E-state index contributed by atoms with van der Waals surface area (Å²) >= 11 is 0. The number of phenols is 1. The molecule has 1 aliphatic rings. The molecule has 1 heterocycles. The van der Waals surface area contributed by atoms with Crippen LogP contribution in [0.4, 0.5) is 0 Å². The molecule has 3 rings (SSSR count). The summed E-state index contributed by atoms with van der Waals surface area (Å²) in [4.78, 5) is 36.9. The number of amides is 1. The van der Waals surface area contributed by atoms with Gasteiger partial charge >= 0.3 is 0 Å². The zero-order chi connectivity index (χ0) is 18.5. The number of nitrogens with zero attached hydrogens (tertiary/aromatic N) is 1. The molecule has 2 aromatic carbocycles. The Balaban J connectivity index is 1.75. The minimum Gasteiger partial charge on any atom is -0.507 e. The summed E-state index contributed by atoms with van der Waals surface area (Å²) in [6, 6.07) is 11.1. The number of carbonyl (C=O) groups excluding carboxylic acids is 3. The van der Waals surface area contributed by atoms with Gasteiger partial charge in [0.2, 0.25) is 0 Å². The van der Waals surface area contributed by atoms with Crippen LogP contribution >= 0.6 is 0 Å². The van der Waals surface area contributed by atoms with Crippen LogP contribution in [0, 0.1) is 0 Å². The van der Waals surface area contributed by atoms with E-state index in [1.165, 1.54) is 6.07 Å². The largest absolute Gasteiger partial charge is 0.507 e. The number of phenolic OH excluding ortho intramolecular Hbond substituents is 1. The molecule has 1 amide bonds. The molecular formula is C20H19NO5. The molecule has 1 N–H and O–H groups in total. The maximum absolute atomic E-state index is 12.8. The Labute approximate surface area is 151 Å². The van der Waals surface area contributed by atoms with Crippen molar-refractivity contribution in [3.8, 4) is 11.5 Å². The standard InChI is InChI=1S/C20H19NO5/c22-11-14-5-1-2-7-16(14)20(25)21-10-4-6-15(21)13-26-19-9-3-8-18(24)17(19)12-23/h1-3,5,7-9,11-12,15,24H,4,6,10,13H2. The van der Waals surface area contributed by atoms with Crippen LogP contribution in [-0.4, -0.2) is 47.7 Å². The molecule has 0 spiro atoms. The lowest BCUT2D eigenvalue weighted by Crippen LogP contribution is -2.39. The molecule has 6 nitrogen and oxygen atoms in total. The van der Waals surface area contributed by atoms with Crippen molar-refractivity contribution < 1.29 is 24.2 Å². The third-order valence-electron chi connectivity index (χ3n) is 4.55. The van der Waals surface area contributed by atoms with Crippen molar-refractivity contribution in [3.05, 3.63) is 59.2 Å². The Hall–Kier alpha value is -3.15. The third kappa shape index (κ3) is 3.44. The van der Waals surface area contributed by atoms with Gasteiger partial charge < -0.3 is 14.7 Å². The highest BCUT2D eigenvalue weighted by Gasteiger charge is 2.31. The molecule has 0 radical (unpaired) electrons. The Bertz CT molecular complexity index is 833. The van der Waals surface area contributed by atoms with Crippen LogP contribution in [0.1, 0.15) is 43.9 Å². The van der Waals surface area contributed by atoms with Crippen LogP contribution in [0.25, 0.3) is 0 Å². The average molecular weight is 353 g/mol. The van der Waals surface area contributed by atoms with Gasteiger partial charge in [0.1, 0.15) is 18.1 Å². The van der Waals surface area contributed by atoms with E-state index in [0.29, 0.717) is 30.2 Å². The average Bonchev–Trinajstić information content (AvgIpc) is 3.14. The van der Waals surface area contributed by atoms with Crippen molar-refractivity contribution in [2.24, 2.45) is 0 Å². The van der Waals surface area contributed by atoms with Gasteiger partial charge in [0.05, 0.1) is 17.2 Å². The first-order valence-electron chi connectivity index (χ1n) is 8.41. The number of carbonyl (C=O) groups is 3. The molecule has 1 atom stereocenters. The van der Waals surface area contributed by atoms with Gasteiger partial charge in [-0.05, 0) is 31.0 Å². The molecule has 1 unspecified atom stereocenters. The van der Waals surface area contributed by atoms with Crippen LogP contribution < -0.4 is 4.74 Å². The summed E-state index contributed by atoms with van der Waals surface area (Å²) in [5.74, 6) is -0.0605. The van der Waals surface area contributed by atoms with Crippen LogP contribution in [-0.2, 0) is 0 Å². The molecule has 0 aliphatic carbocycles. The van der Waals surface area contributed by atoms with Gasteiger partial charge in [0.25, 0.3) is 5.91 Å². The van der Waals surface area contributed by atoms with Crippen molar-refractivity contribution in [1.29, 1.82) is 0 Å². The molecule has 26 heavy (non-hydrogen) atoms. The Morgan fingerprint density at radius 3 is 2.73 bits per heavy atom. The van der Waals surface area contributed by atoms with Gasteiger partial charge in [-0.1, -0.05) is 24.3 Å². The fourth-order valence-electron chi connectivity index (χ4n) is 3.19. The molecular weight excluding hydrogens is 334 g/mol. The Morgan fingerprint density at radius 2 is 1.96 bits per heavy atom. The topological polar surface area (TPSA) is 83.9 Å². The van der Waals surface area contributed by atoms with Gasteiger partial charge in [-0.25, -0.2) is 0 Å². The molecule has 0 aromatic heterocycles. The smallest absolute Gasteiger partial charge is 0.254 e. The number of aromatic hydroxyl groups is 1. The van der Waals surface area contributed by atoms with E-state index in [1.807, 2.05) is 0 Å². The molecule has 1 saturated heterocycles. The lowest BCUT2D eigenvalue weighted by atomic mass is 10.1. The number of hydrogen-bond acceptors (Lipinski definition) is 5. The third-order valence-corrected chi connectivity index (χ3v) is 4.55. The van der Waals surface area contributed by atoms with E-state index in [1.54, 1.807) is 41.3 Å². The Kier molecular flexibility index (Phi) is 5.31. The van der Waals surface area contributed by atoms with Crippen molar-refractivity contribution in [2.75, 3.05) is 13.2 Å². The van der Waals surface area contributed by atoms with E-state index in [-0.39, 0.29) is 35.6 Å². The van der Waals surface area contributed by atoms with Gasteiger partial charge in [0, 0.05) is 12.1 Å². The lowest BCUT2D eigenvalue weighted by Gasteiger charge is -2.25. The predicted molar refractivity (Wildman–Crippen MR) is 94.9 cm³/mol. The van der Waals surface area contributed by atoms with Crippen molar-refractivity contribution in [3.63, 3.8) is 0 Å². The zero-order valence-corrected chi connectivity index (χ0v) is 14.1. The van der Waals surface area contributed by atoms with Crippen LogP contribution in [0.3, 0.4) is 0 Å². The van der Waals surface area contributed by atoms with E-state index in [9.17, 15) is 19.5 Å². The van der Waals surface area contributed by atoms with Gasteiger partial charge in [0.15, 0.2) is 12.6 Å². The molecule has 6 heteroatoms. The van der Waals surface area contributed by atoms with Crippen molar-refractivity contribution >= 4 is 18.5 Å². The van der Waals surface area contributed by atoms with E-state index in [4.69, 9.17) is 4.74 Å². The summed E-state index contributed by atoms with van der Waals surface area (Å²) in [5, 5.41) is 9.72. The highest BCUT2D eigenvalue weighted by Crippen LogP contribution is 2.27. The van der Waals surface area contributed by atoms with E-state index in [0.717, 1.165) is 12.8 Å². The molecule has 1 aliphatic heterocycles. The van der Waals surface area contributed by atoms with Crippen LogP contribution in [0.5, 0.6) is 11.5 Å². The van der Waals surface area contributed by atoms with E-state index in [2.05, 4.69) is 0 Å². The van der Waals surface area contributed by atoms with Gasteiger partial charge in [-0.2, -0.15) is 0 Å². The quantitative estimate of drug-likeness (QED) is 0.807. The summed E-state index contributed by atoms with van der Waals surface area (Å²) in [6.07, 6.45) is 2.83. The number of aldehydes is 2. The van der Waals surface area contributed by atoms with Crippen molar-refractivity contribution in [2.45, 2.75) is 18.9 Å². The fourth-order valence-corrected chi connectivity index (χ4v) is 3.19. The second-order valence-corrected chi connectivity index (χ2v) is 6.12. The number of likely N-dealkylation sites (tertiary alicyclic amines) is 1. The van der Waals surface area contributed by atoms with Crippen LogP contribution in [0.15, 0.2) is 42.5 Å². The highest BCUT2D eigenvalue weighted by atomic mass is 16.5. The maximum Gasteiger partial charge on any atom is 0.254 e. The SMILES string of the molecule is O=Cc1ccccc1C(=O)N1CCCC1COc1cccc(O)c1C=O. The van der Waals surface area contributed by atoms with Crippen LogP contribution in [0.2, 0.25) is 0 Å². The molecule has 0 saturated carbocycles. The number of rotatable bonds is 6. The first-order valence-corrected chi connectivity index (χ1v) is 8.41. The molecule has 0 bridgehead atoms. The molecule has 2 aromatic rings. The Morgan fingerprint density at radius 1 is 1.15 bits per heavy atom. The predicted octanol–water partition coefficient (Wildman–Crippen LogP) is 2.70. The number of hydrogen-bond donors (Lipinski definition) is 1. The second kappa shape index (κ2) is 7.82. The maximum atomic E-state index is 12.8. The summed E-state index contributed by atoms with van der Waals surface area (Å²) < 4.78 is 5.71. The second-order valence-electron chi connectivity index (χ2n) is 6.12. The van der Waals surface area contributed by atoms with Crippen molar-refractivity contribution in [1.82, 2.24) is 4.90 Å². The minimum atomic E-state index is -0.203. The summed E-state index contributed by atoms with van der Waals surface area (Å²) in [6.45, 7) is 0.792. The fraction of sp³-hybridized carbons (Fsp3) is 0.250. The zero-order valence-electron chi connectivity index (χ0n) is 14.1. The normalized spacial score (nSPS) is 16.3. The first kappa shape index (κ1) is 17.7. The van der Waals surface area contributed by atoms with E-state index < -0.39 is 0 Å². The first-order chi connectivity index (χ1) is 12.7.